The molecular weight excluding hydrogens is 390 g/mol. The molecule has 0 saturated heterocycles. The van der Waals surface area contributed by atoms with Gasteiger partial charge in [0.1, 0.15) is 0 Å². The summed E-state index contributed by atoms with van der Waals surface area (Å²) in [5.74, 6) is 0.880. The molecule has 2 nitrogen and oxygen atoms in total. The highest BCUT2D eigenvalue weighted by Gasteiger charge is 2.61. The van der Waals surface area contributed by atoms with E-state index in [1.165, 1.54) is 10.9 Å². The molecule has 0 unspecified atom stereocenters. The Balaban J connectivity index is 1.52. The predicted molar refractivity (Wildman–Crippen MR) is 131 cm³/mol. The zero-order valence-corrected chi connectivity index (χ0v) is 18.9. The van der Waals surface area contributed by atoms with Crippen LogP contribution in [0.15, 0.2) is 84.9 Å². The first-order valence-electron chi connectivity index (χ1n) is 11.7. The third-order valence-corrected chi connectivity index (χ3v) is 8.38. The molecule has 0 aliphatic heterocycles. The topological polar surface area (TPSA) is 33.1 Å². The van der Waals surface area contributed by atoms with Gasteiger partial charge in [-0.3, -0.25) is 4.98 Å². The van der Waals surface area contributed by atoms with E-state index in [-0.39, 0.29) is 11.3 Å². The van der Waals surface area contributed by atoms with Gasteiger partial charge in [0.15, 0.2) is 0 Å². The molecule has 4 atom stereocenters. The van der Waals surface area contributed by atoms with Crippen molar-refractivity contribution in [1.29, 1.82) is 0 Å². The Kier molecular flexibility index (Phi) is 4.16. The fourth-order valence-electron chi connectivity index (χ4n) is 6.38. The second-order valence-corrected chi connectivity index (χ2v) is 10.4. The van der Waals surface area contributed by atoms with Crippen LogP contribution in [0.4, 0.5) is 0 Å². The molecule has 3 aliphatic carbocycles. The van der Waals surface area contributed by atoms with Crippen LogP contribution in [-0.4, -0.2) is 10.1 Å². The van der Waals surface area contributed by atoms with Gasteiger partial charge in [-0.15, -0.1) is 0 Å². The van der Waals surface area contributed by atoms with Crippen LogP contribution in [0, 0.1) is 11.3 Å². The summed E-state index contributed by atoms with van der Waals surface area (Å²) in [5.41, 5.74) is 4.65. The maximum atomic E-state index is 12.2. The molecule has 0 radical (unpaired) electrons. The van der Waals surface area contributed by atoms with E-state index in [1.54, 1.807) is 0 Å². The first-order chi connectivity index (χ1) is 15.4. The first kappa shape index (κ1) is 19.7. The van der Waals surface area contributed by atoms with Crippen molar-refractivity contribution in [2.24, 2.45) is 11.3 Å². The summed E-state index contributed by atoms with van der Waals surface area (Å²) in [4.78, 5) is 5.21. The second kappa shape index (κ2) is 6.76. The summed E-state index contributed by atoms with van der Waals surface area (Å²) in [5, 5.41) is 14.5. The van der Waals surface area contributed by atoms with Gasteiger partial charge in [-0.25, -0.2) is 0 Å². The summed E-state index contributed by atoms with van der Waals surface area (Å²) in [6.45, 7) is 6.73. The highest BCUT2D eigenvalue weighted by atomic mass is 16.3. The van der Waals surface area contributed by atoms with E-state index in [4.69, 9.17) is 4.98 Å². The molecule has 1 saturated carbocycles. The van der Waals surface area contributed by atoms with Crippen LogP contribution < -0.4 is 0 Å². The summed E-state index contributed by atoms with van der Waals surface area (Å²) < 4.78 is 0. The lowest BCUT2D eigenvalue weighted by atomic mass is 9.42. The summed E-state index contributed by atoms with van der Waals surface area (Å²) in [6, 6.07) is 29.5. The molecule has 160 valence electrons. The minimum Gasteiger partial charge on any atom is -0.385 e. The Labute approximate surface area is 190 Å². The van der Waals surface area contributed by atoms with E-state index in [9.17, 15) is 5.11 Å². The van der Waals surface area contributed by atoms with Gasteiger partial charge in [-0.2, -0.15) is 0 Å². The average molecular weight is 420 g/mol. The van der Waals surface area contributed by atoms with Crippen molar-refractivity contribution >= 4 is 10.8 Å². The monoisotopic (exact) mass is 419 g/mol. The van der Waals surface area contributed by atoms with E-state index < -0.39 is 5.60 Å². The Morgan fingerprint density at radius 2 is 1.59 bits per heavy atom. The van der Waals surface area contributed by atoms with Crippen LogP contribution in [0.1, 0.15) is 55.8 Å². The number of aliphatic hydroxyl groups is 1. The molecule has 3 aromatic carbocycles. The van der Waals surface area contributed by atoms with Gasteiger partial charge in [0.05, 0.1) is 17.0 Å². The number of nitrogens with zero attached hydrogens (tertiary/aromatic N) is 1. The number of fused-ring (bicyclic) bond motifs is 1. The third-order valence-electron chi connectivity index (χ3n) is 8.38. The number of hydrogen-bond donors (Lipinski definition) is 1. The van der Waals surface area contributed by atoms with E-state index in [0.29, 0.717) is 11.8 Å². The fourth-order valence-corrected chi connectivity index (χ4v) is 6.38. The molecule has 2 heteroatoms. The first-order valence-corrected chi connectivity index (χ1v) is 11.7. The molecule has 1 N–H and O–H groups in total. The molecule has 1 heterocycles. The number of rotatable bonds is 3. The van der Waals surface area contributed by atoms with Gasteiger partial charge >= 0.3 is 0 Å². The molecule has 2 bridgehead atoms. The molecule has 0 spiro atoms. The Bertz CT molecular complexity index is 1320. The Morgan fingerprint density at radius 3 is 2.34 bits per heavy atom. The van der Waals surface area contributed by atoms with E-state index in [1.807, 2.05) is 13.0 Å². The molecule has 32 heavy (non-hydrogen) atoms. The van der Waals surface area contributed by atoms with Gasteiger partial charge in [-0.1, -0.05) is 86.6 Å². The van der Waals surface area contributed by atoms with Crippen LogP contribution in [0.3, 0.4) is 0 Å². The SMILES string of the molecule is CC1(C)[C@@H]2C[C@H]1c1ccc(-c3ccccc3)nc1[C@H]2[C@@](C)(O)c1ccc2ccccc2c1. The normalized spacial score (nSPS) is 24.9. The summed E-state index contributed by atoms with van der Waals surface area (Å²) >= 11 is 0. The zero-order valence-electron chi connectivity index (χ0n) is 18.9. The van der Waals surface area contributed by atoms with Gasteiger partial charge in [-0.05, 0) is 64.6 Å². The van der Waals surface area contributed by atoms with Crippen molar-refractivity contribution in [3.63, 3.8) is 0 Å². The van der Waals surface area contributed by atoms with Crippen molar-refractivity contribution in [2.45, 2.75) is 44.6 Å². The largest absolute Gasteiger partial charge is 0.385 e. The number of aromatic nitrogens is 1. The standard InChI is InChI=1S/C30H29NO/c1-29(2)24-18-25(29)27(28-23(24)15-16-26(31-28)20-10-5-4-6-11-20)30(3,32)22-14-13-19-9-7-8-12-21(19)17-22/h4-17,24-25,27,32H,18H2,1-3H3/t24-,25+,27-,30-/m0/s1. The van der Waals surface area contributed by atoms with Gasteiger partial charge in [0, 0.05) is 11.5 Å². The van der Waals surface area contributed by atoms with Crippen molar-refractivity contribution in [3.8, 4) is 11.3 Å². The van der Waals surface area contributed by atoms with Crippen LogP contribution in [-0.2, 0) is 5.60 Å². The lowest BCUT2D eigenvalue weighted by Crippen LogP contribution is -2.55. The lowest BCUT2D eigenvalue weighted by molar-refractivity contribution is -0.0906. The molecule has 1 aromatic heterocycles. The van der Waals surface area contributed by atoms with E-state index in [2.05, 4.69) is 92.7 Å². The number of hydrogen-bond acceptors (Lipinski definition) is 2. The molecule has 7 rings (SSSR count). The van der Waals surface area contributed by atoms with Gasteiger partial charge in [0.2, 0.25) is 0 Å². The quantitative estimate of drug-likeness (QED) is 0.386. The zero-order chi connectivity index (χ0) is 22.1. The highest BCUT2D eigenvalue weighted by molar-refractivity contribution is 5.83. The van der Waals surface area contributed by atoms with Crippen molar-refractivity contribution in [1.82, 2.24) is 4.98 Å². The van der Waals surface area contributed by atoms with Crippen molar-refractivity contribution < 1.29 is 5.11 Å². The average Bonchev–Trinajstić information content (AvgIpc) is 2.82. The van der Waals surface area contributed by atoms with Crippen LogP contribution in [0.2, 0.25) is 0 Å². The highest BCUT2D eigenvalue weighted by Crippen LogP contribution is 2.69. The summed E-state index contributed by atoms with van der Waals surface area (Å²) in [6.07, 6.45) is 1.13. The van der Waals surface area contributed by atoms with E-state index >= 15 is 0 Å². The molecule has 1 fully saturated rings. The molecule has 4 aromatic rings. The number of benzene rings is 3. The lowest BCUT2D eigenvalue weighted by Gasteiger charge is -2.62. The minimum absolute atomic E-state index is 0.0395. The maximum absolute atomic E-state index is 12.2. The van der Waals surface area contributed by atoms with Gasteiger partial charge < -0.3 is 5.11 Å². The molecule has 3 aliphatic rings. The second-order valence-electron chi connectivity index (χ2n) is 10.4. The summed E-state index contributed by atoms with van der Waals surface area (Å²) in [7, 11) is 0. The maximum Gasteiger partial charge on any atom is 0.0955 e. The molecular formula is C30H29NO. The third kappa shape index (κ3) is 2.72. The smallest absolute Gasteiger partial charge is 0.0955 e. The van der Waals surface area contributed by atoms with Crippen molar-refractivity contribution in [3.05, 3.63) is 102 Å². The van der Waals surface area contributed by atoms with Gasteiger partial charge in [0.25, 0.3) is 0 Å². The minimum atomic E-state index is -1.01. The van der Waals surface area contributed by atoms with Crippen LogP contribution in [0.5, 0.6) is 0 Å². The van der Waals surface area contributed by atoms with Crippen LogP contribution in [0.25, 0.3) is 22.0 Å². The Hall–Kier alpha value is -2.97. The fraction of sp³-hybridized carbons (Fsp3) is 0.300. The van der Waals surface area contributed by atoms with Crippen molar-refractivity contribution in [2.75, 3.05) is 0 Å². The predicted octanol–water partition coefficient (Wildman–Crippen LogP) is 7.04. The Morgan fingerprint density at radius 1 is 0.875 bits per heavy atom. The van der Waals surface area contributed by atoms with Crippen LogP contribution >= 0.6 is 0 Å². The molecule has 0 amide bonds. The number of pyridine rings is 1. The van der Waals surface area contributed by atoms with E-state index in [0.717, 1.165) is 34.3 Å².